The maximum Gasteiger partial charge on any atom is 2.00 e. The number of aliphatic hydroxyl groups excluding tert-OH is 2. The van der Waals surface area contributed by atoms with E-state index in [-0.39, 0.29) is 62.8 Å². The summed E-state index contributed by atoms with van der Waals surface area (Å²) in [5.74, 6) is -6.45. The first kappa shape index (κ1) is 60.7. The summed E-state index contributed by atoms with van der Waals surface area (Å²) < 4.78 is 0.731. The van der Waals surface area contributed by atoms with Gasteiger partial charge in [0.15, 0.2) is 0 Å². The second kappa shape index (κ2) is 36.1. The van der Waals surface area contributed by atoms with E-state index in [1.165, 1.54) is 0 Å². The number of nitrogens with zero attached hydrogens (tertiary/aromatic N) is 2. The molecule has 0 aliphatic heterocycles. The molecule has 59 heavy (non-hydrogen) atoms. The Labute approximate surface area is 382 Å². The van der Waals surface area contributed by atoms with Gasteiger partial charge in [-0.1, -0.05) is 52.0 Å². The van der Waals surface area contributed by atoms with E-state index in [2.05, 4.69) is 10.6 Å². The summed E-state index contributed by atoms with van der Waals surface area (Å²) in [6, 6.07) is 0. The number of nitrogens with one attached hydrogen (secondary N) is 2. The molecule has 336 valence electrons. The molecule has 2 amide bonds. The van der Waals surface area contributed by atoms with Crippen molar-refractivity contribution in [2.45, 2.75) is 106 Å². The minimum atomic E-state index is -1.12. The van der Waals surface area contributed by atoms with Gasteiger partial charge in [0.2, 0.25) is 11.8 Å². The van der Waals surface area contributed by atoms with Crippen LogP contribution in [-0.4, -0.2) is 181 Å². The zero-order valence-corrected chi connectivity index (χ0v) is 39.0. The third kappa shape index (κ3) is 31.0. The molecule has 0 heterocycles. The molecule has 0 aromatic carbocycles. The molecule has 0 spiro atoms. The Kier molecular flexibility index (Phi) is 37.1. The monoisotopic (exact) mass is 869 g/mol. The van der Waals surface area contributed by atoms with Gasteiger partial charge in [0, 0.05) is 62.3 Å². The van der Waals surface area contributed by atoms with Gasteiger partial charge in [-0.3, -0.25) is 19.2 Å². The first-order valence-electron chi connectivity index (χ1n) is 20.9. The van der Waals surface area contributed by atoms with Crippen molar-refractivity contribution >= 4 is 73.4 Å². The number of rotatable bonds is 34. The Balaban J connectivity index is -0.00000105. The zero-order valence-electron chi connectivity index (χ0n) is 36.8. The van der Waals surface area contributed by atoms with Gasteiger partial charge in [0.05, 0.1) is 77.4 Å². The molecule has 0 rings (SSSR count). The minimum absolute atomic E-state index is 0. The van der Waals surface area contributed by atoms with Gasteiger partial charge < -0.3 is 59.8 Å². The fraction of sp³-hybridized carbons (Fsp3) is 0.762. The molecule has 0 radical (unpaired) electrons. The Morgan fingerprint density at radius 2 is 0.847 bits per heavy atom. The van der Waals surface area contributed by atoms with Crippen LogP contribution in [-0.2, 0) is 28.8 Å². The van der Waals surface area contributed by atoms with Crippen LogP contribution in [0.2, 0.25) is 0 Å². The number of unbranched alkanes of at least 4 members (excludes halogenated alkanes) is 2. The van der Waals surface area contributed by atoms with Crippen molar-refractivity contribution in [1.82, 2.24) is 10.6 Å². The zero-order chi connectivity index (χ0) is 44.6. The van der Waals surface area contributed by atoms with E-state index in [4.69, 9.17) is 10.2 Å². The number of hydrogen-bond donors (Lipinski definition) is 6. The van der Waals surface area contributed by atoms with Gasteiger partial charge in [-0.15, -0.1) is 0 Å². The van der Waals surface area contributed by atoms with Gasteiger partial charge in [-0.05, 0) is 39.5 Å². The Morgan fingerprint density at radius 1 is 0.542 bits per heavy atom. The van der Waals surface area contributed by atoms with Crippen LogP contribution in [0.5, 0.6) is 0 Å². The predicted octanol–water partition coefficient (Wildman–Crippen LogP) is 0.709. The van der Waals surface area contributed by atoms with Crippen molar-refractivity contribution in [1.29, 1.82) is 0 Å². The fourth-order valence-corrected chi connectivity index (χ4v) is 6.25. The molecular formula is C42H76CaN4O12+2. The number of carbonyl (C=O) groups is 6. The van der Waals surface area contributed by atoms with E-state index in [1.54, 1.807) is 27.7 Å². The topological polar surface area (TPSA) is 254 Å². The van der Waals surface area contributed by atoms with Crippen LogP contribution < -0.4 is 20.8 Å². The second-order valence-electron chi connectivity index (χ2n) is 15.6. The Morgan fingerprint density at radius 3 is 1.10 bits per heavy atom. The maximum atomic E-state index is 12.0. The van der Waals surface area contributed by atoms with E-state index >= 15 is 0 Å². The number of carboxylic acids is 4. The Hall–Kier alpha value is -2.60. The number of hydrogen-bond acceptors (Lipinski definition) is 10. The third-order valence-corrected chi connectivity index (χ3v) is 10.8. The molecule has 0 aliphatic rings. The predicted molar refractivity (Wildman–Crippen MR) is 223 cm³/mol. The van der Waals surface area contributed by atoms with Crippen molar-refractivity contribution in [3.05, 3.63) is 24.3 Å². The number of aliphatic hydroxyl groups is 2. The van der Waals surface area contributed by atoms with Crippen molar-refractivity contribution in [3.63, 3.8) is 0 Å². The van der Waals surface area contributed by atoms with Crippen molar-refractivity contribution < 1.29 is 68.4 Å². The largest absolute Gasteiger partial charge is 2.00 e. The minimum Gasteiger partial charge on any atom is -0.550 e. The number of allylic oxidation sites excluding steroid dienone is 4. The number of aliphatic carboxylic acids is 4. The second-order valence-corrected chi connectivity index (χ2v) is 15.6. The van der Waals surface area contributed by atoms with Crippen molar-refractivity contribution in [2.75, 3.05) is 78.7 Å². The molecule has 0 saturated carbocycles. The number of amides is 2. The normalized spacial score (nSPS) is 15.3. The van der Waals surface area contributed by atoms with Gasteiger partial charge in [-0.2, -0.15) is 0 Å². The molecule has 17 heteroatoms. The fourth-order valence-electron chi connectivity index (χ4n) is 6.25. The van der Waals surface area contributed by atoms with E-state index in [9.17, 15) is 49.2 Å². The van der Waals surface area contributed by atoms with Gasteiger partial charge in [-0.25, -0.2) is 0 Å². The summed E-state index contributed by atoms with van der Waals surface area (Å²) in [6.07, 6.45) is 13.6. The first-order chi connectivity index (χ1) is 27.3. The van der Waals surface area contributed by atoms with Gasteiger partial charge in [0.1, 0.15) is 13.1 Å². The molecule has 16 nitrogen and oxygen atoms in total. The maximum absolute atomic E-state index is 12.0. The summed E-state index contributed by atoms with van der Waals surface area (Å²) in [7, 11) is 0. The van der Waals surface area contributed by atoms with Crippen LogP contribution in [0.3, 0.4) is 0 Å². The summed E-state index contributed by atoms with van der Waals surface area (Å²) in [4.78, 5) is 68.5. The molecule has 6 unspecified atom stereocenters. The van der Waals surface area contributed by atoms with Crippen LogP contribution >= 0.6 is 0 Å². The molecule has 0 aliphatic carbocycles. The van der Waals surface area contributed by atoms with E-state index in [0.717, 1.165) is 25.7 Å². The SMILES string of the molecule is C/C=C/CCCC(=O)NCC[N+](CCO)(CCC(C)C(=O)[O-])CCC(C)C(=O)O.C/C=C/CCCC(=O)NCC[N+](CCO)(CCC(C)C(=O)[O-])CCC(C)C(=O)O.[Ca+2]. The molecule has 0 fully saturated rings. The molecule has 0 aromatic rings. The summed E-state index contributed by atoms with van der Waals surface area (Å²) >= 11 is 0. The number of carboxylic acid groups (broad SMARTS) is 4. The molecule has 6 N–H and O–H groups in total. The van der Waals surface area contributed by atoms with E-state index in [1.807, 2.05) is 38.2 Å². The summed E-state index contributed by atoms with van der Waals surface area (Å²) in [6.45, 7) is 14.6. The van der Waals surface area contributed by atoms with Crippen LogP contribution in [0.1, 0.15) is 106 Å². The third-order valence-electron chi connectivity index (χ3n) is 10.8. The molecule has 0 aromatic heterocycles. The number of quaternary nitrogens is 2. The van der Waals surface area contributed by atoms with Crippen molar-refractivity contribution in [3.8, 4) is 0 Å². The van der Waals surface area contributed by atoms with Gasteiger partial charge in [0.25, 0.3) is 0 Å². The van der Waals surface area contributed by atoms with Crippen LogP contribution in [0.4, 0.5) is 0 Å². The standard InChI is InChI=1S/2C21H38N2O6.Ca/c2*1-4-5-6-7-8-19(25)22-11-14-23(15-16-24,12-9-17(2)20(26)27)13-10-18(3)21(28)29;/h2*4-5,17-18,24H,6-16H2,1-3H3,(H2-,22,25,26,27,28,29);/q;;+2/b2*5-4+;. The average Bonchev–Trinajstić information content (AvgIpc) is 3.17. The van der Waals surface area contributed by atoms with Crippen LogP contribution in [0, 0.1) is 23.7 Å². The van der Waals surface area contributed by atoms with Crippen LogP contribution in [0.15, 0.2) is 24.3 Å². The summed E-state index contributed by atoms with van der Waals surface area (Å²) in [5.41, 5.74) is 0. The molecule has 6 atom stereocenters. The molecular weight excluding hydrogens is 793 g/mol. The number of carbonyl (C=O) groups excluding carboxylic acids is 4. The van der Waals surface area contributed by atoms with E-state index < -0.39 is 47.5 Å². The smallest absolute Gasteiger partial charge is 0.550 e. The quantitative estimate of drug-likeness (QED) is 0.0227. The molecule has 0 saturated heterocycles. The van der Waals surface area contributed by atoms with E-state index in [0.29, 0.717) is 113 Å². The first-order valence-corrected chi connectivity index (χ1v) is 20.9. The Bertz CT molecular complexity index is 1120. The summed E-state index contributed by atoms with van der Waals surface area (Å²) in [5, 5.41) is 65.4. The van der Waals surface area contributed by atoms with Crippen LogP contribution in [0.25, 0.3) is 0 Å². The average molecular weight is 869 g/mol. The van der Waals surface area contributed by atoms with Gasteiger partial charge >= 0.3 is 49.7 Å². The van der Waals surface area contributed by atoms with Crippen molar-refractivity contribution in [2.24, 2.45) is 23.7 Å². The molecule has 0 bridgehead atoms.